The van der Waals surface area contributed by atoms with Crippen LogP contribution in [0.2, 0.25) is 0 Å². The van der Waals surface area contributed by atoms with E-state index in [1.807, 2.05) is 0 Å². The predicted octanol–water partition coefficient (Wildman–Crippen LogP) is 1.19. The molecule has 0 heterocycles. The molecule has 0 saturated carbocycles. The molecule has 1 atom stereocenters. The SMILES string of the molecule is NC(Br)(C(=O)O)c1cccc([N+](=O)[O-])c1. The van der Waals surface area contributed by atoms with Crippen molar-refractivity contribution in [2.75, 3.05) is 0 Å². The zero-order valence-corrected chi connectivity index (χ0v) is 8.97. The van der Waals surface area contributed by atoms with Gasteiger partial charge in [0, 0.05) is 17.7 Å². The number of carboxylic acid groups (broad SMARTS) is 1. The maximum absolute atomic E-state index is 10.8. The third kappa shape index (κ3) is 2.31. The Bertz CT molecular complexity index is 419. The van der Waals surface area contributed by atoms with Crippen molar-refractivity contribution in [1.29, 1.82) is 0 Å². The maximum atomic E-state index is 10.8. The number of aliphatic carboxylic acids is 1. The fourth-order valence-corrected chi connectivity index (χ4v) is 1.22. The highest BCUT2D eigenvalue weighted by molar-refractivity contribution is 9.10. The molecule has 0 aliphatic carbocycles. The molecule has 0 spiro atoms. The van der Waals surface area contributed by atoms with E-state index in [4.69, 9.17) is 10.8 Å². The highest BCUT2D eigenvalue weighted by atomic mass is 79.9. The molecule has 0 aromatic heterocycles. The van der Waals surface area contributed by atoms with Crippen LogP contribution in [0.5, 0.6) is 0 Å². The van der Waals surface area contributed by atoms with Crippen molar-refractivity contribution in [2.24, 2.45) is 5.73 Å². The van der Waals surface area contributed by atoms with Gasteiger partial charge in [-0.2, -0.15) is 0 Å². The minimum Gasteiger partial charge on any atom is -0.479 e. The Kier molecular flexibility index (Phi) is 3.06. The summed E-state index contributed by atoms with van der Waals surface area (Å²) >= 11 is 2.79. The lowest BCUT2D eigenvalue weighted by atomic mass is 10.1. The molecule has 0 aliphatic rings. The van der Waals surface area contributed by atoms with Gasteiger partial charge in [-0.05, 0) is 0 Å². The third-order valence-corrected chi connectivity index (χ3v) is 2.59. The van der Waals surface area contributed by atoms with Crippen molar-refractivity contribution in [3.8, 4) is 0 Å². The molecule has 3 N–H and O–H groups in total. The number of hydrogen-bond donors (Lipinski definition) is 2. The summed E-state index contributed by atoms with van der Waals surface area (Å²) in [5, 5.41) is 19.2. The number of nitrogens with two attached hydrogens (primary N) is 1. The smallest absolute Gasteiger partial charge is 0.339 e. The van der Waals surface area contributed by atoms with Crippen LogP contribution in [-0.2, 0) is 9.24 Å². The van der Waals surface area contributed by atoms with Crippen molar-refractivity contribution < 1.29 is 14.8 Å². The lowest BCUT2D eigenvalue weighted by molar-refractivity contribution is -0.384. The highest BCUT2D eigenvalue weighted by Crippen LogP contribution is 2.28. The number of alkyl halides is 1. The Morgan fingerprint density at radius 2 is 2.20 bits per heavy atom. The van der Waals surface area contributed by atoms with E-state index in [0.717, 1.165) is 6.07 Å². The van der Waals surface area contributed by atoms with E-state index in [1.165, 1.54) is 18.2 Å². The summed E-state index contributed by atoms with van der Waals surface area (Å²) in [4.78, 5) is 20.6. The lowest BCUT2D eigenvalue weighted by Crippen LogP contribution is -2.38. The van der Waals surface area contributed by atoms with Gasteiger partial charge in [0.15, 0.2) is 4.45 Å². The Labute approximate surface area is 93.0 Å². The van der Waals surface area contributed by atoms with Gasteiger partial charge in [-0.1, -0.05) is 28.1 Å². The molecule has 6 nitrogen and oxygen atoms in total. The monoisotopic (exact) mass is 274 g/mol. The summed E-state index contributed by atoms with van der Waals surface area (Å²) in [5.74, 6) is -1.32. The molecule has 1 aromatic rings. The van der Waals surface area contributed by atoms with E-state index in [0.29, 0.717) is 0 Å². The predicted molar refractivity (Wildman–Crippen MR) is 55.5 cm³/mol. The Balaban J connectivity index is 3.21. The van der Waals surface area contributed by atoms with Gasteiger partial charge in [-0.15, -0.1) is 0 Å². The molecule has 15 heavy (non-hydrogen) atoms. The number of carbonyl (C=O) groups is 1. The summed E-state index contributed by atoms with van der Waals surface area (Å²) in [6, 6.07) is 5.15. The molecular formula is C8H7BrN2O4. The molecule has 0 saturated heterocycles. The number of benzene rings is 1. The molecule has 1 unspecified atom stereocenters. The topological polar surface area (TPSA) is 106 Å². The van der Waals surface area contributed by atoms with E-state index >= 15 is 0 Å². The molecular weight excluding hydrogens is 268 g/mol. The number of nitro groups is 1. The molecule has 0 radical (unpaired) electrons. The molecule has 0 aliphatic heterocycles. The van der Waals surface area contributed by atoms with Crippen molar-refractivity contribution in [1.82, 2.24) is 0 Å². The second kappa shape index (κ2) is 3.95. The van der Waals surface area contributed by atoms with Crippen LogP contribution >= 0.6 is 15.9 Å². The van der Waals surface area contributed by atoms with Gasteiger partial charge in [0.2, 0.25) is 0 Å². The zero-order chi connectivity index (χ0) is 11.6. The number of rotatable bonds is 3. The molecule has 1 rings (SSSR count). The first kappa shape index (κ1) is 11.6. The molecule has 0 bridgehead atoms. The van der Waals surface area contributed by atoms with Crippen molar-refractivity contribution in [3.05, 3.63) is 39.9 Å². The molecule has 7 heteroatoms. The highest BCUT2D eigenvalue weighted by Gasteiger charge is 2.33. The maximum Gasteiger partial charge on any atom is 0.339 e. The van der Waals surface area contributed by atoms with Gasteiger partial charge in [-0.3, -0.25) is 10.1 Å². The van der Waals surface area contributed by atoms with Gasteiger partial charge >= 0.3 is 5.97 Å². The summed E-state index contributed by atoms with van der Waals surface area (Å²) in [6.45, 7) is 0. The Morgan fingerprint density at radius 3 is 2.67 bits per heavy atom. The standard InChI is InChI=1S/C8H7BrN2O4/c9-8(10,7(12)13)5-2-1-3-6(4-5)11(14)15/h1-4H,10H2,(H,12,13). The van der Waals surface area contributed by atoms with Crippen LogP contribution in [0, 0.1) is 10.1 Å². The average molecular weight is 275 g/mol. The van der Waals surface area contributed by atoms with E-state index in [9.17, 15) is 14.9 Å². The average Bonchev–Trinajstić information content (AvgIpc) is 2.17. The van der Waals surface area contributed by atoms with Crippen LogP contribution in [0.25, 0.3) is 0 Å². The second-order valence-electron chi connectivity index (χ2n) is 2.82. The van der Waals surface area contributed by atoms with Gasteiger partial charge in [0.25, 0.3) is 5.69 Å². The quantitative estimate of drug-likeness (QED) is 0.373. The van der Waals surface area contributed by atoms with Gasteiger partial charge in [0.05, 0.1) is 4.92 Å². The molecule has 0 amide bonds. The van der Waals surface area contributed by atoms with Crippen LogP contribution in [0.4, 0.5) is 5.69 Å². The van der Waals surface area contributed by atoms with E-state index in [1.54, 1.807) is 0 Å². The van der Waals surface area contributed by atoms with E-state index < -0.39 is 15.3 Å². The van der Waals surface area contributed by atoms with Crippen LogP contribution in [0.15, 0.2) is 24.3 Å². The first-order valence-electron chi connectivity index (χ1n) is 3.82. The molecule has 1 aromatic carbocycles. The van der Waals surface area contributed by atoms with E-state index in [2.05, 4.69) is 15.9 Å². The fraction of sp³-hybridized carbons (Fsp3) is 0.125. The van der Waals surface area contributed by atoms with Crippen LogP contribution in [0.3, 0.4) is 0 Å². The summed E-state index contributed by atoms with van der Waals surface area (Å²) in [7, 11) is 0. The minimum atomic E-state index is -1.81. The number of non-ortho nitro benzene ring substituents is 1. The zero-order valence-electron chi connectivity index (χ0n) is 7.38. The van der Waals surface area contributed by atoms with Crippen molar-refractivity contribution >= 4 is 27.6 Å². The lowest BCUT2D eigenvalue weighted by Gasteiger charge is -2.16. The largest absolute Gasteiger partial charge is 0.479 e. The number of nitro benzene ring substituents is 1. The van der Waals surface area contributed by atoms with Crippen LogP contribution < -0.4 is 5.73 Å². The van der Waals surface area contributed by atoms with E-state index in [-0.39, 0.29) is 11.3 Å². The number of halogens is 1. The normalized spacial score (nSPS) is 14.3. The summed E-state index contributed by atoms with van der Waals surface area (Å²) in [6.07, 6.45) is 0. The third-order valence-electron chi connectivity index (χ3n) is 1.79. The number of carboxylic acids is 1. The first-order chi connectivity index (χ1) is 6.85. The van der Waals surface area contributed by atoms with Gasteiger partial charge < -0.3 is 10.8 Å². The number of hydrogen-bond acceptors (Lipinski definition) is 4. The van der Waals surface area contributed by atoms with Crippen LogP contribution in [0.1, 0.15) is 5.56 Å². The Hall–Kier alpha value is -1.47. The molecule has 0 fully saturated rings. The molecule has 80 valence electrons. The van der Waals surface area contributed by atoms with Crippen molar-refractivity contribution in [3.63, 3.8) is 0 Å². The fourth-order valence-electron chi connectivity index (χ4n) is 0.969. The van der Waals surface area contributed by atoms with Crippen molar-refractivity contribution in [2.45, 2.75) is 4.45 Å². The minimum absolute atomic E-state index is 0.115. The van der Waals surface area contributed by atoms with Gasteiger partial charge in [-0.25, -0.2) is 4.79 Å². The first-order valence-corrected chi connectivity index (χ1v) is 4.61. The van der Waals surface area contributed by atoms with Crippen LogP contribution in [-0.4, -0.2) is 16.0 Å². The Morgan fingerprint density at radius 1 is 1.60 bits per heavy atom. The second-order valence-corrected chi connectivity index (χ2v) is 4.08. The number of nitrogens with zero attached hydrogens (tertiary/aromatic N) is 1. The summed E-state index contributed by atoms with van der Waals surface area (Å²) < 4.78 is -1.81. The van der Waals surface area contributed by atoms with Gasteiger partial charge in [0.1, 0.15) is 0 Å². The summed E-state index contributed by atoms with van der Waals surface area (Å²) in [5.41, 5.74) is 5.35.